The summed E-state index contributed by atoms with van der Waals surface area (Å²) in [4.78, 5) is 5.36. The third-order valence-electron chi connectivity index (χ3n) is 3.24. The van der Waals surface area contributed by atoms with Gasteiger partial charge in [0, 0.05) is 35.1 Å². The molecule has 4 rings (SSSR count). The van der Waals surface area contributed by atoms with E-state index in [4.69, 9.17) is 5.73 Å². The van der Waals surface area contributed by atoms with E-state index >= 15 is 0 Å². The normalized spacial score (nSPS) is 11.6. The van der Waals surface area contributed by atoms with Crippen LogP contribution in [0.2, 0.25) is 0 Å². The Morgan fingerprint density at radius 3 is 2.95 bits per heavy atom. The van der Waals surface area contributed by atoms with Crippen LogP contribution in [0.15, 0.2) is 35.8 Å². The van der Waals surface area contributed by atoms with Gasteiger partial charge in [0.1, 0.15) is 5.82 Å². The van der Waals surface area contributed by atoms with E-state index in [9.17, 15) is 0 Å². The zero-order valence-electron chi connectivity index (χ0n) is 10.2. The van der Waals surface area contributed by atoms with Crippen LogP contribution < -0.4 is 5.73 Å². The second-order valence-corrected chi connectivity index (χ2v) is 5.30. The van der Waals surface area contributed by atoms with Gasteiger partial charge in [-0.15, -0.1) is 16.4 Å². The Labute approximate surface area is 112 Å². The van der Waals surface area contributed by atoms with E-state index in [0.717, 1.165) is 21.7 Å². The summed E-state index contributed by atoms with van der Waals surface area (Å²) in [5, 5.41) is 7.49. The summed E-state index contributed by atoms with van der Waals surface area (Å²) >= 11 is 1.50. The molecule has 0 spiro atoms. The lowest BCUT2D eigenvalue weighted by atomic mass is 10.2. The van der Waals surface area contributed by atoms with Crippen molar-refractivity contribution in [3.8, 4) is 11.4 Å². The maximum Gasteiger partial charge on any atom is 0.214 e. The largest absolute Gasteiger partial charge is 0.383 e. The first-order valence-electron chi connectivity index (χ1n) is 5.88. The van der Waals surface area contributed by atoms with Crippen LogP contribution in [0, 0.1) is 0 Å². The highest BCUT2D eigenvalue weighted by Gasteiger charge is 2.14. The molecule has 0 fully saturated rings. The van der Waals surface area contributed by atoms with Crippen molar-refractivity contribution in [2.75, 3.05) is 5.73 Å². The van der Waals surface area contributed by atoms with Crippen LogP contribution in [0.25, 0.3) is 27.3 Å². The van der Waals surface area contributed by atoms with Gasteiger partial charge in [0.15, 0.2) is 5.82 Å². The summed E-state index contributed by atoms with van der Waals surface area (Å²) < 4.78 is 3.77. The maximum atomic E-state index is 5.85. The van der Waals surface area contributed by atoms with Gasteiger partial charge in [0.05, 0.1) is 0 Å². The van der Waals surface area contributed by atoms with E-state index in [-0.39, 0.29) is 0 Å². The molecule has 3 heterocycles. The number of nitrogens with two attached hydrogens (primary N) is 1. The third kappa shape index (κ3) is 1.40. The van der Waals surface area contributed by atoms with Crippen LogP contribution >= 0.6 is 11.3 Å². The maximum absolute atomic E-state index is 5.85. The Bertz CT molecular complexity index is 898. The highest BCUT2D eigenvalue weighted by Crippen LogP contribution is 2.29. The zero-order valence-corrected chi connectivity index (χ0v) is 11.1. The summed E-state index contributed by atoms with van der Waals surface area (Å²) in [6, 6.07) is 8.23. The number of hydrogen-bond acceptors (Lipinski definition) is 4. The first kappa shape index (κ1) is 10.6. The number of nitrogens with zero attached hydrogens (tertiary/aromatic N) is 4. The Kier molecular flexibility index (Phi) is 1.99. The van der Waals surface area contributed by atoms with Crippen molar-refractivity contribution in [2.45, 2.75) is 0 Å². The third-order valence-corrected chi connectivity index (χ3v) is 4.08. The van der Waals surface area contributed by atoms with Gasteiger partial charge in [-0.25, -0.2) is 0 Å². The van der Waals surface area contributed by atoms with E-state index in [1.807, 2.05) is 24.6 Å². The van der Waals surface area contributed by atoms with Gasteiger partial charge in [0.25, 0.3) is 0 Å². The molecule has 1 aromatic carbocycles. The summed E-state index contributed by atoms with van der Waals surface area (Å²) in [5.74, 6) is 1.34. The Hall–Kier alpha value is -2.34. The quantitative estimate of drug-likeness (QED) is 0.577. The average Bonchev–Trinajstić information content (AvgIpc) is 3.06. The molecular weight excluding hydrogens is 258 g/mol. The minimum atomic E-state index is 0.624. The molecule has 19 heavy (non-hydrogen) atoms. The lowest BCUT2D eigenvalue weighted by Gasteiger charge is -1.93. The van der Waals surface area contributed by atoms with Crippen LogP contribution in [0.5, 0.6) is 0 Å². The SMILES string of the molecule is Cn1cc(-c2nc3scc(N)n3n2)c2ccccc21. The van der Waals surface area contributed by atoms with Gasteiger partial charge in [-0.05, 0) is 6.07 Å². The Morgan fingerprint density at radius 2 is 2.11 bits per heavy atom. The van der Waals surface area contributed by atoms with Gasteiger partial charge < -0.3 is 10.3 Å². The fraction of sp³-hybridized carbons (Fsp3) is 0.0769. The lowest BCUT2D eigenvalue weighted by Crippen LogP contribution is -1.92. The molecule has 0 bridgehead atoms. The molecule has 5 nitrogen and oxygen atoms in total. The predicted octanol–water partition coefficient (Wildman–Crippen LogP) is 2.53. The molecule has 6 heteroatoms. The molecule has 2 N–H and O–H groups in total. The standard InChI is InChI=1S/C13H11N5S/c1-17-6-9(8-4-2-3-5-10(8)17)12-15-13-18(16-12)11(14)7-19-13/h2-7H,14H2,1H3. The number of benzene rings is 1. The topological polar surface area (TPSA) is 61.1 Å². The second-order valence-electron chi connectivity index (χ2n) is 4.46. The fourth-order valence-electron chi connectivity index (χ4n) is 2.34. The average molecular weight is 269 g/mol. The van der Waals surface area contributed by atoms with Crippen molar-refractivity contribution >= 4 is 33.0 Å². The summed E-state index contributed by atoms with van der Waals surface area (Å²) in [5.41, 5.74) is 8.06. The highest BCUT2D eigenvalue weighted by molar-refractivity contribution is 7.15. The van der Waals surface area contributed by atoms with Crippen molar-refractivity contribution in [1.29, 1.82) is 0 Å². The highest BCUT2D eigenvalue weighted by atomic mass is 32.1. The summed E-state index contributed by atoms with van der Waals surface area (Å²) in [6.07, 6.45) is 2.06. The Balaban J connectivity index is 2.03. The first-order valence-corrected chi connectivity index (χ1v) is 6.76. The monoisotopic (exact) mass is 269 g/mol. The number of nitrogen functional groups attached to an aromatic ring is 1. The number of para-hydroxylation sites is 1. The number of anilines is 1. The smallest absolute Gasteiger partial charge is 0.214 e. The molecule has 0 aliphatic rings. The van der Waals surface area contributed by atoms with E-state index in [0.29, 0.717) is 5.82 Å². The predicted molar refractivity (Wildman–Crippen MR) is 77.2 cm³/mol. The Morgan fingerprint density at radius 1 is 1.26 bits per heavy atom. The van der Waals surface area contributed by atoms with Crippen molar-refractivity contribution in [1.82, 2.24) is 19.2 Å². The summed E-state index contributed by atoms with van der Waals surface area (Å²) in [6.45, 7) is 0. The van der Waals surface area contributed by atoms with Crippen molar-refractivity contribution in [3.05, 3.63) is 35.8 Å². The molecule has 0 saturated carbocycles. The van der Waals surface area contributed by atoms with Gasteiger partial charge in [0.2, 0.25) is 4.96 Å². The molecule has 94 valence electrons. The van der Waals surface area contributed by atoms with Crippen molar-refractivity contribution < 1.29 is 0 Å². The van der Waals surface area contributed by atoms with Crippen molar-refractivity contribution in [2.24, 2.45) is 7.05 Å². The van der Waals surface area contributed by atoms with E-state index in [1.165, 1.54) is 16.9 Å². The minimum absolute atomic E-state index is 0.624. The van der Waals surface area contributed by atoms with E-state index < -0.39 is 0 Å². The number of aromatic nitrogens is 4. The van der Waals surface area contributed by atoms with Crippen LogP contribution in [-0.4, -0.2) is 19.2 Å². The van der Waals surface area contributed by atoms with Crippen LogP contribution in [0.4, 0.5) is 5.82 Å². The lowest BCUT2D eigenvalue weighted by molar-refractivity contribution is 0.964. The van der Waals surface area contributed by atoms with Gasteiger partial charge in [-0.2, -0.15) is 9.50 Å². The number of thiazole rings is 1. The van der Waals surface area contributed by atoms with Crippen LogP contribution in [-0.2, 0) is 7.05 Å². The molecule has 0 aliphatic carbocycles. The number of fused-ring (bicyclic) bond motifs is 2. The van der Waals surface area contributed by atoms with Crippen LogP contribution in [0.3, 0.4) is 0 Å². The minimum Gasteiger partial charge on any atom is -0.383 e. The number of aryl methyl sites for hydroxylation is 1. The van der Waals surface area contributed by atoms with E-state index in [1.54, 1.807) is 4.52 Å². The zero-order chi connectivity index (χ0) is 13.0. The molecule has 3 aromatic heterocycles. The number of hydrogen-bond donors (Lipinski definition) is 1. The van der Waals surface area contributed by atoms with Gasteiger partial charge in [-0.1, -0.05) is 18.2 Å². The molecule has 4 aromatic rings. The van der Waals surface area contributed by atoms with Gasteiger partial charge in [-0.3, -0.25) is 0 Å². The second kappa shape index (κ2) is 3.58. The molecule has 0 unspecified atom stereocenters. The van der Waals surface area contributed by atoms with E-state index in [2.05, 4.69) is 33.0 Å². The molecule has 0 atom stereocenters. The molecule has 0 radical (unpaired) electrons. The molecule has 0 aliphatic heterocycles. The fourth-order valence-corrected chi connectivity index (χ4v) is 3.05. The molecule has 0 saturated heterocycles. The van der Waals surface area contributed by atoms with Crippen molar-refractivity contribution in [3.63, 3.8) is 0 Å². The molecule has 0 amide bonds. The number of rotatable bonds is 1. The van der Waals surface area contributed by atoms with Gasteiger partial charge >= 0.3 is 0 Å². The van der Waals surface area contributed by atoms with Crippen LogP contribution in [0.1, 0.15) is 0 Å². The molecular formula is C13H11N5S. The first-order chi connectivity index (χ1) is 9.24. The summed E-state index contributed by atoms with van der Waals surface area (Å²) in [7, 11) is 2.03.